The molecule has 0 aliphatic heterocycles. The van der Waals surface area contributed by atoms with Gasteiger partial charge in [0.2, 0.25) is 0 Å². The maximum atomic E-state index is 15.3. The fourth-order valence-corrected chi connectivity index (χ4v) is 4.83. The number of nitrogen functional groups attached to an aromatic ring is 1. The second kappa shape index (κ2) is 8.98. The zero-order valence-corrected chi connectivity index (χ0v) is 19.7. The van der Waals surface area contributed by atoms with Crippen molar-refractivity contribution >= 4 is 22.6 Å². The van der Waals surface area contributed by atoms with Crippen LogP contribution in [0.25, 0.3) is 22.2 Å². The molecule has 1 amide bonds. The summed E-state index contributed by atoms with van der Waals surface area (Å²) in [5.41, 5.74) is 9.64. The summed E-state index contributed by atoms with van der Waals surface area (Å²) in [7, 11) is 0. The van der Waals surface area contributed by atoms with Gasteiger partial charge in [-0.05, 0) is 56.0 Å². The third kappa shape index (κ3) is 4.18. The molecule has 0 atom stereocenters. The van der Waals surface area contributed by atoms with E-state index >= 15 is 4.39 Å². The number of halogens is 1. The Kier molecular flexibility index (Phi) is 5.84. The lowest BCUT2D eigenvalue weighted by Crippen LogP contribution is -2.23. The molecule has 4 aromatic rings. The van der Waals surface area contributed by atoms with E-state index in [4.69, 9.17) is 5.73 Å². The Balaban J connectivity index is 1.46. The lowest BCUT2D eigenvalue weighted by atomic mass is 10.0. The van der Waals surface area contributed by atoms with Gasteiger partial charge >= 0.3 is 0 Å². The molecule has 1 aliphatic carbocycles. The molecule has 8 nitrogen and oxygen atoms in total. The number of nitrogens with two attached hydrogens (primary N) is 1. The first kappa shape index (κ1) is 22.8. The number of nitrogens with zero attached hydrogens (tertiary/aromatic N) is 3. The van der Waals surface area contributed by atoms with Gasteiger partial charge in [-0.15, -0.1) is 0 Å². The van der Waals surface area contributed by atoms with Crippen LogP contribution in [0.3, 0.4) is 0 Å². The molecule has 0 radical (unpaired) electrons. The minimum absolute atomic E-state index is 0.0665. The van der Waals surface area contributed by atoms with Crippen LogP contribution in [0.15, 0.2) is 41.2 Å². The summed E-state index contributed by atoms with van der Waals surface area (Å²) in [6.07, 6.45) is 3.91. The highest BCUT2D eigenvalue weighted by atomic mass is 19.1. The lowest BCUT2D eigenvalue weighted by Gasteiger charge is -2.10. The van der Waals surface area contributed by atoms with E-state index in [-0.39, 0.29) is 29.9 Å². The van der Waals surface area contributed by atoms with Crippen molar-refractivity contribution in [3.63, 3.8) is 0 Å². The van der Waals surface area contributed by atoms with Crippen LogP contribution in [0.5, 0.6) is 0 Å². The maximum Gasteiger partial charge on any atom is 0.290 e. The highest BCUT2D eigenvalue weighted by Gasteiger charge is 2.26. The summed E-state index contributed by atoms with van der Waals surface area (Å²) in [4.78, 5) is 25.3. The number of hydrogen-bond acceptors (Lipinski definition) is 5. The molecule has 0 spiro atoms. The Bertz CT molecular complexity index is 1500. The molecule has 0 saturated heterocycles. The molecule has 1 saturated carbocycles. The van der Waals surface area contributed by atoms with Gasteiger partial charge in [0.15, 0.2) is 5.82 Å². The van der Waals surface area contributed by atoms with Crippen molar-refractivity contribution in [1.29, 1.82) is 0 Å². The molecule has 2 aromatic heterocycles. The number of carbonyl (C=O) groups is 1. The summed E-state index contributed by atoms with van der Waals surface area (Å²) in [5.74, 6) is -0.626. The molecule has 5 rings (SSSR count). The summed E-state index contributed by atoms with van der Waals surface area (Å²) in [5, 5.41) is 14.2. The van der Waals surface area contributed by atoms with E-state index in [1.165, 1.54) is 6.07 Å². The molecule has 0 unspecified atom stereocenters. The Morgan fingerprint density at radius 2 is 1.97 bits per heavy atom. The average Bonchev–Trinajstić information content (AvgIpc) is 3.50. The smallest absolute Gasteiger partial charge is 0.290 e. The Labute approximate surface area is 201 Å². The Morgan fingerprint density at radius 1 is 1.20 bits per heavy atom. The van der Waals surface area contributed by atoms with Crippen LogP contribution in [0.4, 0.5) is 10.2 Å². The first-order valence-corrected chi connectivity index (χ1v) is 11.7. The van der Waals surface area contributed by atoms with Gasteiger partial charge in [0.05, 0.1) is 11.4 Å². The highest BCUT2D eigenvalue weighted by Crippen LogP contribution is 2.36. The van der Waals surface area contributed by atoms with Gasteiger partial charge in [0.1, 0.15) is 17.0 Å². The molecule has 1 aliphatic rings. The Hall–Kier alpha value is -4.01. The normalized spacial score (nSPS) is 14.0. The zero-order valence-electron chi connectivity index (χ0n) is 19.7. The monoisotopic (exact) mass is 474 g/mol. The van der Waals surface area contributed by atoms with Crippen molar-refractivity contribution in [2.45, 2.75) is 52.1 Å². The lowest BCUT2D eigenvalue weighted by molar-refractivity contribution is 0.0950. The molecule has 0 bridgehead atoms. The van der Waals surface area contributed by atoms with E-state index in [0.29, 0.717) is 27.7 Å². The number of carbonyl (C=O) groups excluding carboxylic acids is 1. The van der Waals surface area contributed by atoms with Crippen LogP contribution < -0.4 is 16.6 Å². The van der Waals surface area contributed by atoms with Crippen molar-refractivity contribution in [2.75, 3.05) is 5.73 Å². The predicted molar refractivity (Wildman–Crippen MR) is 133 cm³/mol. The van der Waals surface area contributed by atoms with Crippen molar-refractivity contribution in [3.8, 4) is 11.3 Å². The number of aromatic amines is 1. The molecular weight excluding hydrogens is 447 g/mol. The number of amides is 1. The van der Waals surface area contributed by atoms with E-state index < -0.39 is 11.4 Å². The number of fused-ring (bicyclic) bond motifs is 1. The summed E-state index contributed by atoms with van der Waals surface area (Å²) >= 11 is 0. The first-order chi connectivity index (χ1) is 16.8. The zero-order chi connectivity index (χ0) is 24.7. The van der Waals surface area contributed by atoms with E-state index in [1.807, 2.05) is 32.0 Å². The number of H-pyrrole nitrogens is 1. The molecular formula is C26H27FN6O2. The van der Waals surface area contributed by atoms with Crippen LogP contribution in [0.2, 0.25) is 0 Å². The topological polar surface area (TPSA) is 119 Å². The van der Waals surface area contributed by atoms with Crippen LogP contribution in [-0.2, 0) is 6.54 Å². The van der Waals surface area contributed by atoms with Gasteiger partial charge < -0.3 is 11.1 Å². The van der Waals surface area contributed by atoms with E-state index in [9.17, 15) is 9.59 Å². The van der Waals surface area contributed by atoms with E-state index in [1.54, 1.807) is 16.8 Å². The van der Waals surface area contributed by atoms with Gasteiger partial charge in [0, 0.05) is 17.7 Å². The highest BCUT2D eigenvalue weighted by molar-refractivity contribution is 6.00. The molecule has 9 heteroatoms. The standard InChI is InChI=1S/C26H27FN6O2/c1-14-7-8-15(2)19(11-14)25(34)29-13-16-9-10-18(20(27)12-16)22-21-23(26(35)31-30-24(21)28)33(32-22)17-5-3-4-6-17/h7-12,17H,3-6,13H2,1-2H3,(H2,28,30)(H,29,34)(H,31,35). The number of hydrogen-bond donors (Lipinski definition) is 3. The second-order valence-corrected chi connectivity index (χ2v) is 9.21. The largest absolute Gasteiger partial charge is 0.382 e. The predicted octanol–water partition coefficient (Wildman–Crippen LogP) is 4.17. The summed E-state index contributed by atoms with van der Waals surface area (Å²) in [6.45, 7) is 3.98. The Morgan fingerprint density at radius 3 is 2.71 bits per heavy atom. The summed E-state index contributed by atoms with van der Waals surface area (Å²) < 4.78 is 17.0. The number of anilines is 1. The summed E-state index contributed by atoms with van der Waals surface area (Å²) in [6, 6.07) is 10.5. The van der Waals surface area contributed by atoms with Crippen molar-refractivity contribution in [1.82, 2.24) is 25.3 Å². The van der Waals surface area contributed by atoms with E-state index in [2.05, 4.69) is 20.6 Å². The number of nitrogens with one attached hydrogen (secondary N) is 2. The molecule has 2 aromatic carbocycles. The van der Waals surface area contributed by atoms with Crippen molar-refractivity contribution in [2.24, 2.45) is 0 Å². The van der Waals surface area contributed by atoms with Gasteiger partial charge in [-0.3, -0.25) is 14.3 Å². The maximum absolute atomic E-state index is 15.3. The van der Waals surface area contributed by atoms with Gasteiger partial charge in [-0.25, -0.2) is 9.49 Å². The molecule has 1 fully saturated rings. The van der Waals surface area contributed by atoms with Gasteiger partial charge in [-0.1, -0.05) is 36.6 Å². The third-order valence-electron chi connectivity index (χ3n) is 6.71. The number of aryl methyl sites for hydroxylation is 2. The van der Waals surface area contributed by atoms with Crippen LogP contribution >= 0.6 is 0 Å². The number of benzene rings is 2. The van der Waals surface area contributed by atoms with Crippen molar-refractivity contribution < 1.29 is 9.18 Å². The molecule has 2 heterocycles. The van der Waals surface area contributed by atoms with Crippen molar-refractivity contribution in [3.05, 3.63) is 74.8 Å². The first-order valence-electron chi connectivity index (χ1n) is 11.7. The third-order valence-corrected chi connectivity index (χ3v) is 6.71. The number of rotatable bonds is 5. The molecule has 4 N–H and O–H groups in total. The average molecular weight is 475 g/mol. The second-order valence-electron chi connectivity index (χ2n) is 9.21. The van der Waals surface area contributed by atoms with Crippen LogP contribution in [0, 0.1) is 19.7 Å². The quantitative estimate of drug-likeness (QED) is 0.401. The van der Waals surface area contributed by atoms with Crippen LogP contribution in [-0.4, -0.2) is 25.9 Å². The minimum Gasteiger partial charge on any atom is -0.382 e. The fourth-order valence-electron chi connectivity index (χ4n) is 4.83. The van der Waals surface area contributed by atoms with Gasteiger partial charge in [-0.2, -0.15) is 10.2 Å². The van der Waals surface area contributed by atoms with Gasteiger partial charge in [0.25, 0.3) is 11.5 Å². The van der Waals surface area contributed by atoms with Crippen LogP contribution in [0.1, 0.15) is 58.8 Å². The molecule has 35 heavy (non-hydrogen) atoms. The minimum atomic E-state index is -0.513. The fraction of sp³-hybridized carbons (Fsp3) is 0.308. The molecule has 180 valence electrons. The SMILES string of the molecule is Cc1ccc(C)c(C(=O)NCc2ccc(-c3nn(C4CCCC4)c4c(=O)[nH]nc(N)c34)c(F)c2)c1. The van der Waals surface area contributed by atoms with E-state index in [0.717, 1.165) is 36.8 Å². The number of aromatic nitrogens is 4.